The maximum absolute atomic E-state index is 3.66. The molecule has 1 rings (SSSR count). The highest BCUT2D eigenvalue weighted by Gasteiger charge is 2.26. The van der Waals surface area contributed by atoms with E-state index in [4.69, 9.17) is 0 Å². The minimum absolute atomic E-state index is 0.439. The van der Waals surface area contributed by atoms with E-state index >= 15 is 0 Å². The Balaban J connectivity index is 2.40. The van der Waals surface area contributed by atoms with Crippen LogP contribution in [0.15, 0.2) is 30.3 Å². The van der Waals surface area contributed by atoms with Gasteiger partial charge in [0.25, 0.3) is 0 Å². The molecule has 0 aliphatic carbocycles. The van der Waals surface area contributed by atoms with Crippen molar-refractivity contribution in [3.63, 3.8) is 0 Å². The molecule has 0 bridgehead atoms. The molecule has 0 N–H and O–H groups in total. The first-order chi connectivity index (χ1) is 7.58. The number of aryl methyl sites for hydroxylation is 1. The molecule has 0 saturated heterocycles. The lowest BCUT2D eigenvalue weighted by molar-refractivity contribution is 0.233. The fourth-order valence-corrected chi connectivity index (χ4v) is 2.78. The molecular weight excluding hydrogens is 260 g/mol. The van der Waals surface area contributed by atoms with Gasteiger partial charge in [0.15, 0.2) is 0 Å². The normalized spacial score (nSPS) is 15.1. The van der Waals surface area contributed by atoms with Gasteiger partial charge in [-0.3, -0.25) is 0 Å². The second-order valence-corrected chi connectivity index (χ2v) is 5.84. The highest BCUT2D eigenvalue weighted by molar-refractivity contribution is 9.09. The van der Waals surface area contributed by atoms with Crippen LogP contribution in [0, 0.1) is 11.3 Å². The molecule has 1 heteroatoms. The smallest absolute Gasteiger partial charge is 0.00877 e. The Labute approximate surface area is 109 Å². The van der Waals surface area contributed by atoms with Gasteiger partial charge in [-0.05, 0) is 36.2 Å². The van der Waals surface area contributed by atoms with Crippen molar-refractivity contribution in [3.8, 4) is 0 Å². The van der Waals surface area contributed by atoms with Crippen molar-refractivity contribution < 1.29 is 0 Å². The van der Waals surface area contributed by atoms with Crippen LogP contribution in [-0.4, -0.2) is 5.33 Å². The summed E-state index contributed by atoms with van der Waals surface area (Å²) in [6, 6.07) is 10.8. The van der Waals surface area contributed by atoms with Crippen molar-refractivity contribution in [3.05, 3.63) is 35.9 Å². The summed E-state index contributed by atoms with van der Waals surface area (Å²) in [5.41, 5.74) is 1.90. The molecule has 0 aliphatic rings. The first-order valence-electron chi connectivity index (χ1n) is 6.18. The third kappa shape index (κ3) is 3.93. The van der Waals surface area contributed by atoms with Crippen LogP contribution >= 0.6 is 15.9 Å². The third-order valence-electron chi connectivity index (χ3n) is 3.76. The molecular formula is C15H23Br. The van der Waals surface area contributed by atoms with Gasteiger partial charge in [0.05, 0.1) is 0 Å². The van der Waals surface area contributed by atoms with Gasteiger partial charge in [-0.1, -0.05) is 67.0 Å². The van der Waals surface area contributed by atoms with Crippen LogP contribution in [0.2, 0.25) is 0 Å². The maximum atomic E-state index is 3.66. The molecule has 0 nitrogen and oxygen atoms in total. The highest BCUT2D eigenvalue weighted by Crippen LogP contribution is 2.34. The van der Waals surface area contributed by atoms with Crippen molar-refractivity contribution in [2.24, 2.45) is 11.3 Å². The molecule has 0 heterocycles. The Kier molecular flexibility index (Phi) is 5.54. The van der Waals surface area contributed by atoms with E-state index in [1.807, 2.05) is 0 Å². The quantitative estimate of drug-likeness (QED) is 0.640. The van der Waals surface area contributed by atoms with E-state index in [0.29, 0.717) is 5.41 Å². The Morgan fingerprint density at radius 3 is 2.31 bits per heavy atom. The first kappa shape index (κ1) is 13.8. The lowest BCUT2D eigenvalue weighted by Gasteiger charge is -2.32. The van der Waals surface area contributed by atoms with E-state index in [-0.39, 0.29) is 0 Å². The van der Waals surface area contributed by atoms with Crippen LogP contribution in [0.25, 0.3) is 0 Å². The van der Waals surface area contributed by atoms with Crippen molar-refractivity contribution in [2.75, 3.05) is 5.33 Å². The molecule has 0 aliphatic heterocycles. The van der Waals surface area contributed by atoms with Gasteiger partial charge in [0.1, 0.15) is 0 Å². The zero-order chi connectivity index (χ0) is 12.0. The topological polar surface area (TPSA) is 0 Å². The average molecular weight is 283 g/mol. The number of halogens is 1. The van der Waals surface area contributed by atoms with Crippen molar-refractivity contribution >= 4 is 15.9 Å². The SMILES string of the molecule is CC(C)C(C)(CBr)CCCc1ccccc1. The van der Waals surface area contributed by atoms with E-state index in [0.717, 1.165) is 11.2 Å². The number of hydrogen-bond donors (Lipinski definition) is 0. The van der Waals surface area contributed by atoms with Crippen molar-refractivity contribution in [1.82, 2.24) is 0 Å². The minimum Gasteiger partial charge on any atom is -0.0922 e. The van der Waals surface area contributed by atoms with E-state index < -0.39 is 0 Å². The van der Waals surface area contributed by atoms with E-state index in [2.05, 4.69) is 67.0 Å². The molecule has 0 aromatic heterocycles. The summed E-state index contributed by atoms with van der Waals surface area (Å²) in [6.45, 7) is 7.03. The lowest BCUT2D eigenvalue weighted by atomic mass is 9.77. The predicted octanol–water partition coefficient (Wildman–Crippen LogP) is 5.07. The molecule has 1 aromatic rings. The summed E-state index contributed by atoms with van der Waals surface area (Å²) < 4.78 is 0. The molecule has 0 spiro atoms. The molecule has 1 unspecified atom stereocenters. The Bertz CT molecular complexity index is 292. The molecule has 90 valence electrons. The van der Waals surface area contributed by atoms with E-state index in [1.54, 1.807) is 0 Å². The minimum atomic E-state index is 0.439. The van der Waals surface area contributed by atoms with Gasteiger partial charge in [-0.2, -0.15) is 0 Å². The summed E-state index contributed by atoms with van der Waals surface area (Å²) in [5, 5.41) is 1.10. The van der Waals surface area contributed by atoms with Gasteiger partial charge >= 0.3 is 0 Å². The molecule has 1 atom stereocenters. The Morgan fingerprint density at radius 2 is 1.81 bits per heavy atom. The van der Waals surface area contributed by atoms with Gasteiger partial charge in [-0.25, -0.2) is 0 Å². The van der Waals surface area contributed by atoms with Crippen LogP contribution in [-0.2, 0) is 6.42 Å². The lowest BCUT2D eigenvalue weighted by Crippen LogP contribution is -2.25. The first-order valence-corrected chi connectivity index (χ1v) is 7.30. The molecule has 16 heavy (non-hydrogen) atoms. The Hall–Kier alpha value is -0.300. The second-order valence-electron chi connectivity index (χ2n) is 5.28. The number of hydrogen-bond acceptors (Lipinski definition) is 0. The summed E-state index contributed by atoms with van der Waals surface area (Å²) in [4.78, 5) is 0. The van der Waals surface area contributed by atoms with E-state index in [1.165, 1.54) is 24.8 Å². The molecule has 0 fully saturated rings. The van der Waals surface area contributed by atoms with Gasteiger partial charge in [-0.15, -0.1) is 0 Å². The molecule has 0 saturated carbocycles. The molecule has 0 amide bonds. The van der Waals surface area contributed by atoms with E-state index in [9.17, 15) is 0 Å². The fourth-order valence-electron chi connectivity index (χ4n) is 1.85. The summed E-state index contributed by atoms with van der Waals surface area (Å²) in [5.74, 6) is 0.739. The Morgan fingerprint density at radius 1 is 1.19 bits per heavy atom. The zero-order valence-corrected chi connectivity index (χ0v) is 12.3. The fraction of sp³-hybridized carbons (Fsp3) is 0.600. The molecule has 0 radical (unpaired) electrons. The average Bonchev–Trinajstić information content (AvgIpc) is 2.30. The van der Waals surface area contributed by atoms with Gasteiger partial charge < -0.3 is 0 Å². The van der Waals surface area contributed by atoms with Crippen LogP contribution < -0.4 is 0 Å². The predicted molar refractivity (Wildman–Crippen MR) is 76.1 cm³/mol. The number of benzene rings is 1. The van der Waals surface area contributed by atoms with Crippen LogP contribution in [0.5, 0.6) is 0 Å². The summed E-state index contributed by atoms with van der Waals surface area (Å²) >= 11 is 3.66. The number of rotatable bonds is 6. The largest absolute Gasteiger partial charge is 0.0922 e. The standard InChI is InChI=1S/C15H23Br/c1-13(2)15(3,12-16)11-7-10-14-8-5-4-6-9-14/h4-6,8-9,13H,7,10-12H2,1-3H3. The summed E-state index contributed by atoms with van der Waals surface area (Å²) in [7, 11) is 0. The van der Waals surface area contributed by atoms with Crippen molar-refractivity contribution in [2.45, 2.75) is 40.0 Å². The number of alkyl halides is 1. The van der Waals surface area contributed by atoms with Crippen molar-refractivity contribution in [1.29, 1.82) is 0 Å². The van der Waals surface area contributed by atoms with Gasteiger partial charge in [0.2, 0.25) is 0 Å². The summed E-state index contributed by atoms with van der Waals surface area (Å²) in [6.07, 6.45) is 3.78. The monoisotopic (exact) mass is 282 g/mol. The maximum Gasteiger partial charge on any atom is 0.00877 e. The van der Waals surface area contributed by atoms with Crippen LogP contribution in [0.4, 0.5) is 0 Å². The zero-order valence-electron chi connectivity index (χ0n) is 10.7. The third-order valence-corrected chi connectivity index (χ3v) is 5.04. The van der Waals surface area contributed by atoms with Crippen LogP contribution in [0.1, 0.15) is 39.2 Å². The van der Waals surface area contributed by atoms with Gasteiger partial charge in [0, 0.05) is 5.33 Å². The van der Waals surface area contributed by atoms with Crippen LogP contribution in [0.3, 0.4) is 0 Å². The highest BCUT2D eigenvalue weighted by atomic mass is 79.9. The molecule has 1 aromatic carbocycles. The second kappa shape index (κ2) is 6.44.